The maximum Gasteiger partial charge on any atom is 0.158 e. The molecular formula is C21H38O. The Morgan fingerprint density at radius 2 is 1.23 bits per heavy atom. The third-order valence-corrected chi connectivity index (χ3v) is 5.16. The summed E-state index contributed by atoms with van der Waals surface area (Å²) in [5.74, 6) is 0.403. The topological polar surface area (TPSA) is 17.1 Å². The van der Waals surface area contributed by atoms with E-state index in [1.165, 1.54) is 95.5 Å². The third kappa shape index (κ3) is 8.76. The van der Waals surface area contributed by atoms with Crippen LogP contribution < -0.4 is 0 Å². The van der Waals surface area contributed by atoms with E-state index in [2.05, 4.69) is 6.92 Å². The molecule has 22 heavy (non-hydrogen) atoms. The molecule has 0 atom stereocenters. The van der Waals surface area contributed by atoms with Crippen LogP contribution in [-0.2, 0) is 4.79 Å². The minimum Gasteiger partial charge on any atom is -0.295 e. The van der Waals surface area contributed by atoms with Crippen LogP contribution in [0.25, 0.3) is 0 Å². The van der Waals surface area contributed by atoms with Gasteiger partial charge in [-0.3, -0.25) is 4.79 Å². The third-order valence-electron chi connectivity index (χ3n) is 5.16. The largest absolute Gasteiger partial charge is 0.295 e. The predicted molar refractivity (Wildman–Crippen MR) is 97.3 cm³/mol. The number of rotatable bonds is 13. The van der Waals surface area contributed by atoms with Crippen LogP contribution in [0.3, 0.4) is 0 Å². The van der Waals surface area contributed by atoms with E-state index in [9.17, 15) is 4.79 Å². The highest BCUT2D eigenvalue weighted by Gasteiger charge is 2.15. The number of allylic oxidation sites excluding steroid dienone is 2. The van der Waals surface area contributed by atoms with Gasteiger partial charge in [0.05, 0.1) is 0 Å². The zero-order valence-electron chi connectivity index (χ0n) is 15.2. The molecule has 0 amide bonds. The Balaban J connectivity index is 1.88. The molecule has 0 heterocycles. The monoisotopic (exact) mass is 306 g/mol. The maximum atomic E-state index is 11.7. The first-order valence-corrected chi connectivity index (χ1v) is 9.97. The molecule has 1 rings (SSSR count). The van der Waals surface area contributed by atoms with Crippen molar-refractivity contribution in [3.63, 3.8) is 0 Å². The zero-order chi connectivity index (χ0) is 16.0. The van der Waals surface area contributed by atoms with Crippen LogP contribution in [0.1, 0.15) is 117 Å². The Morgan fingerprint density at radius 3 is 1.77 bits per heavy atom. The predicted octanol–water partition coefficient (Wildman–Crippen LogP) is 7.15. The van der Waals surface area contributed by atoms with E-state index in [0.29, 0.717) is 5.78 Å². The fourth-order valence-corrected chi connectivity index (χ4v) is 3.53. The van der Waals surface area contributed by atoms with E-state index < -0.39 is 0 Å². The highest BCUT2D eigenvalue weighted by Crippen LogP contribution is 2.26. The smallest absolute Gasteiger partial charge is 0.158 e. The van der Waals surface area contributed by atoms with Gasteiger partial charge in [0, 0.05) is 6.42 Å². The van der Waals surface area contributed by atoms with Crippen molar-refractivity contribution < 1.29 is 4.79 Å². The average molecular weight is 307 g/mol. The molecule has 0 saturated heterocycles. The lowest BCUT2D eigenvalue weighted by atomic mass is 9.88. The summed E-state index contributed by atoms with van der Waals surface area (Å²) in [4.78, 5) is 11.7. The van der Waals surface area contributed by atoms with Gasteiger partial charge in [0.2, 0.25) is 0 Å². The number of Topliss-reactive ketones (excluding diaryl/α,β-unsaturated/α-hetero) is 1. The summed E-state index contributed by atoms with van der Waals surface area (Å²) in [5.41, 5.74) is 2.55. The number of carbonyl (C=O) groups excluding carboxylic acids is 1. The van der Waals surface area contributed by atoms with Gasteiger partial charge < -0.3 is 0 Å². The van der Waals surface area contributed by atoms with E-state index in [1.807, 2.05) is 6.92 Å². The Kier molecular flexibility index (Phi) is 11.4. The van der Waals surface area contributed by atoms with Crippen LogP contribution in [0.2, 0.25) is 0 Å². The van der Waals surface area contributed by atoms with Gasteiger partial charge in [0.25, 0.3) is 0 Å². The first-order chi connectivity index (χ1) is 10.8. The van der Waals surface area contributed by atoms with Gasteiger partial charge in [-0.1, -0.05) is 83.1 Å². The maximum absolute atomic E-state index is 11.7. The Labute approximate surface area is 139 Å². The van der Waals surface area contributed by atoms with Crippen molar-refractivity contribution in [3.05, 3.63) is 11.1 Å². The molecular weight excluding hydrogens is 268 g/mol. The lowest BCUT2D eigenvalue weighted by Crippen LogP contribution is -2.09. The summed E-state index contributed by atoms with van der Waals surface area (Å²) >= 11 is 0. The summed E-state index contributed by atoms with van der Waals surface area (Å²) < 4.78 is 0. The van der Waals surface area contributed by atoms with Crippen LogP contribution >= 0.6 is 0 Å². The SMILES string of the molecule is CCCCCCCCCCCCCCC1=C(C)C(=O)CCC1. The summed E-state index contributed by atoms with van der Waals surface area (Å²) in [6.45, 7) is 4.32. The molecule has 0 aromatic rings. The van der Waals surface area contributed by atoms with E-state index in [0.717, 1.165) is 18.4 Å². The molecule has 0 N–H and O–H groups in total. The molecule has 0 aliphatic heterocycles. The Morgan fingerprint density at radius 1 is 0.727 bits per heavy atom. The fourth-order valence-electron chi connectivity index (χ4n) is 3.53. The first-order valence-electron chi connectivity index (χ1n) is 9.97. The van der Waals surface area contributed by atoms with Crippen molar-refractivity contribution in [1.29, 1.82) is 0 Å². The minimum atomic E-state index is 0.403. The fraction of sp³-hybridized carbons (Fsp3) is 0.857. The lowest BCUT2D eigenvalue weighted by molar-refractivity contribution is -0.116. The van der Waals surface area contributed by atoms with Crippen molar-refractivity contribution in [3.8, 4) is 0 Å². The molecule has 0 unspecified atom stereocenters. The molecule has 0 aromatic heterocycles. The van der Waals surface area contributed by atoms with Gasteiger partial charge in [-0.25, -0.2) is 0 Å². The number of carbonyl (C=O) groups is 1. The van der Waals surface area contributed by atoms with Gasteiger partial charge in [0.15, 0.2) is 5.78 Å². The van der Waals surface area contributed by atoms with E-state index >= 15 is 0 Å². The highest BCUT2D eigenvalue weighted by molar-refractivity contribution is 5.96. The van der Waals surface area contributed by atoms with Crippen molar-refractivity contribution in [1.82, 2.24) is 0 Å². The van der Waals surface area contributed by atoms with Gasteiger partial charge in [-0.05, 0) is 38.2 Å². The number of unbranched alkanes of at least 4 members (excludes halogenated alkanes) is 11. The van der Waals surface area contributed by atoms with Crippen molar-refractivity contribution in [2.45, 2.75) is 117 Å². The van der Waals surface area contributed by atoms with Gasteiger partial charge in [-0.2, -0.15) is 0 Å². The molecule has 0 radical (unpaired) electrons. The molecule has 0 saturated carbocycles. The quantitative estimate of drug-likeness (QED) is 0.330. The van der Waals surface area contributed by atoms with E-state index in [1.54, 1.807) is 0 Å². The van der Waals surface area contributed by atoms with Crippen molar-refractivity contribution in [2.24, 2.45) is 0 Å². The lowest BCUT2D eigenvalue weighted by Gasteiger charge is -2.16. The Bertz CT molecular complexity index is 327. The summed E-state index contributed by atoms with van der Waals surface area (Å²) in [6, 6.07) is 0. The standard InChI is InChI=1S/C21H38O/c1-3-4-5-6-7-8-9-10-11-12-13-14-16-20-17-15-18-21(22)19(20)2/h3-18H2,1-2H3. The summed E-state index contributed by atoms with van der Waals surface area (Å²) in [7, 11) is 0. The molecule has 1 nitrogen and oxygen atoms in total. The summed E-state index contributed by atoms with van der Waals surface area (Å²) in [5, 5.41) is 0. The van der Waals surface area contributed by atoms with Gasteiger partial charge in [0.1, 0.15) is 0 Å². The van der Waals surface area contributed by atoms with Crippen LogP contribution in [-0.4, -0.2) is 5.78 Å². The molecule has 1 aliphatic rings. The number of hydrogen-bond acceptors (Lipinski definition) is 1. The normalized spacial score (nSPS) is 15.6. The molecule has 1 aliphatic carbocycles. The average Bonchev–Trinajstić information content (AvgIpc) is 2.52. The van der Waals surface area contributed by atoms with Gasteiger partial charge in [-0.15, -0.1) is 0 Å². The minimum absolute atomic E-state index is 0.403. The second-order valence-electron chi connectivity index (χ2n) is 7.14. The molecule has 0 aromatic carbocycles. The molecule has 128 valence electrons. The summed E-state index contributed by atoms with van der Waals surface area (Å²) in [6.07, 6.45) is 21.1. The van der Waals surface area contributed by atoms with Gasteiger partial charge >= 0.3 is 0 Å². The van der Waals surface area contributed by atoms with E-state index in [-0.39, 0.29) is 0 Å². The molecule has 0 fully saturated rings. The first kappa shape index (κ1) is 19.5. The van der Waals surface area contributed by atoms with Crippen LogP contribution in [0, 0.1) is 0 Å². The number of ketones is 1. The van der Waals surface area contributed by atoms with E-state index in [4.69, 9.17) is 0 Å². The molecule has 0 spiro atoms. The van der Waals surface area contributed by atoms with Crippen LogP contribution in [0.4, 0.5) is 0 Å². The molecule has 1 heteroatoms. The highest BCUT2D eigenvalue weighted by atomic mass is 16.1. The van der Waals surface area contributed by atoms with Crippen molar-refractivity contribution >= 4 is 5.78 Å². The Hall–Kier alpha value is -0.590. The second kappa shape index (κ2) is 12.9. The zero-order valence-corrected chi connectivity index (χ0v) is 15.2. The second-order valence-corrected chi connectivity index (χ2v) is 7.14. The number of hydrogen-bond donors (Lipinski definition) is 0. The van der Waals surface area contributed by atoms with Crippen LogP contribution in [0.5, 0.6) is 0 Å². The van der Waals surface area contributed by atoms with Crippen molar-refractivity contribution in [2.75, 3.05) is 0 Å². The molecule has 0 bridgehead atoms. The van der Waals surface area contributed by atoms with Crippen LogP contribution in [0.15, 0.2) is 11.1 Å².